The van der Waals surface area contributed by atoms with Crippen LogP contribution in [0.25, 0.3) is 0 Å². The van der Waals surface area contributed by atoms with Gasteiger partial charge in [-0.2, -0.15) is 0 Å². The highest BCUT2D eigenvalue weighted by molar-refractivity contribution is 5.94. The van der Waals surface area contributed by atoms with Gasteiger partial charge in [0.25, 0.3) is 5.91 Å². The number of ether oxygens (including phenoxy) is 1. The number of benzene rings is 2. The molecule has 3 N–H and O–H groups in total. The first-order valence-corrected chi connectivity index (χ1v) is 9.20. The van der Waals surface area contributed by atoms with Crippen molar-refractivity contribution < 1.29 is 14.3 Å². The van der Waals surface area contributed by atoms with Crippen molar-refractivity contribution in [2.24, 2.45) is 5.73 Å². The van der Waals surface area contributed by atoms with Crippen molar-refractivity contribution in [3.8, 4) is 5.75 Å². The fourth-order valence-corrected chi connectivity index (χ4v) is 2.53. The van der Waals surface area contributed by atoms with Crippen LogP contribution in [0.1, 0.15) is 55.1 Å². The average molecular weight is 368 g/mol. The molecule has 2 amide bonds. The summed E-state index contributed by atoms with van der Waals surface area (Å²) in [6.07, 6.45) is 1.21. The predicted octanol–water partition coefficient (Wildman–Crippen LogP) is 3.56. The molecule has 5 nitrogen and oxygen atoms in total. The number of nitrogens with two attached hydrogens (primary N) is 1. The smallest absolute Gasteiger partial charge is 0.251 e. The Balaban J connectivity index is 1.88. The van der Waals surface area contributed by atoms with Gasteiger partial charge in [-0.25, -0.2) is 0 Å². The summed E-state index contributed by atoms with van der Waals surface area (Å²) in [6.45, 7) is 7.32. The van der Waals surface area contributed by atoms with Gasteiger partial charge in [-0.1, -0.05) is 45.0 Å². The molecule has 0 aliphatic rings. The highest BCUT2D eigenvalue weighted by atomic mass is 16.5. The number of nitrogens with one attached hydrogen (secondary N) is 1. The Morgan fingerprint density at radius 2 is 1.67 bits per heavy atom. The lowest BCUT2D eigenvalue weighted by Gasteiger charge is -2.23. The van der Waals surface area contributed by atoms with Crippen molar-refractivity contribution in [2.45, 2.75) is 45.6 Å². The molecule has 0 heterocycles. The first-order chi connectivity index (χ1) is 12.8. The molecule has 0 aliphatic carbocycles. The van der Waals surface area contributed by atoms with E-state index >= 15 is 0 Å². The van der Waals surface area contributed by atoms with E-state index < -0.39 is 5.91 Å². The van der Waals surface area contributed by atoms with Crippen molar-refractivity contribution in [3.05, 3.63) is 65.2 Å². The lowest BCUT2D eigenvalue weighted by Crippen LogP contribution is -2.27. The third-order valence-corrected chi connectivity index (χ3v) is 4.80. The molecule has 0 aliphatic heterocycles. The highest BCUT2D eigenvalue weighted by Gasteiger charge is 2.17. The SMILES string of the molecule is CCC(C)(C)c1ccc(OCc2ccc(C(=O)NCCC(N)=O)cc2)cc1. The van der Waals surface area contributed by atoms with E-state index in [9.17, 15) is 9.59 Å². The Hall–Kier alpha value is -2.82. The van der Waals surface area contributed by atoms with E-state index in [1.165, 1.54) is 5.56 Å². The van der Waals surface area contributed by atoms with Crippen LogP contribution in [-0.4, -0.2) is 18.4 Å². The molecule has 0 aromatic heterocycles. The maximum absolute atomic E-state index is 12.0. The van der Waals surface area contributed by atoms with E-state index in [0.717, 1.165) is 17.7 Å². The number of primary amides is 1. The molecule has 0 unspecified atom stereocenters. The third-order valence-electron chi connectivity index (χ3n) is 4.80. The molecular weight excluding hydrogens is 340 g/mol. The minimum atomic E-state index is -0.436. The second-order valence-electron chi connectivity index (χ2n) is 7.22. The zero-order valence-electron chi connectivity index (χ0n) is 16.2. The van der Waals surface area contributed by atoms with E-state index in [4.69, 9.17) is 10.5 Å². The maximum atomic E-state index is 12.0. The van der Waals surface area contributed by atoms with E-state index in [1.807, 2.05) is 24.3 Å². The largest absolute Gasteiger partial charge is 0.489 e. The van der Waals surface area contributed by atoms with Gasteiger partial charge in [0.15, 0.2) is 0 Å². The molecule has 27 heavy (non-hydrogen) atoms. The van der Waals surface area contributed by atoms with Crippen LogP contribution in [-0.2, 0) is 16.8 Å². The average Bonchev–Trinajstić information content (AvgIpc) is 2.66. The van der Waals surface area contributed by atoms with Gasteiger partial charge in [-0.05, 0) is 47.2 Å². The minimum Gasteiger partial charge on any atom is -0.489 e. The predicted molar refractivity (Wildman–Crippen MR) is 107 cm³/mol. The van der Waals surface area contributed by atoms with Gasteiger partial charge in [-0.15, -0.1) is 0 Å². The molecule has 5 heteroatoms. The third kappa shape index (κ3) is 6.13. The number of amides is 2. The first-order valence-electron chi connectivity index (χ1n) is 9.20. The zero-order valence-corrected chi connectivity index (χ0v) is 16.2. The topological polar surface area (TPSA) is 81.4 Å². The first kappa shape index (κ1) is 20.5. The minimum absolute atomic E-state index is 0.131. The Bertz CT molecular complexity index is 765. The molecule has 144 valence electrons. The summed E-state index contributed by atoms with van der Waals surface area (Å²) in [5.41, 5.74) is 8.02. The molecule has 2 aromatic rings. The Morgan fingerprint density at radius 1 is 1.04 bits per heavy atom. The summed E-state index contributed by atoms with van der Waals surface area (Å²) in [6, 6.07) is 15.4. The normalized spacial score (nSPS) is 11.1. The van der Waals surface area contributed by atoms with Gasteiger partial charge in [0, 0.05) is 18.5 Å². The summed E-state index contributed by atoms with van der Waals surface area (Å²) in [5, 5.41) is 2.66. The van der Waals surface area contributed by atoms with E-state index in [0.29, 0.717) is 12.2 Å². The fourth-order valence-electron chi connectivity index (χ4n) is 2.53. The molecule has 2 aromatic carbocycles. The number of rotatable bonds is 9. The standard InChI is InChI=1S/C22H28N2O3/c1-4-22(2,3)18-9-11-19(12-10-18)27-15-16-5-7-17(8-6-16)21(26)24-14-13-20(23)25/h5-12H,4,13-15H2,1-3H3,(H2,23,25)(H,24,26). The number of hydrogen-bond donors (Lipinski definition) is 2. The second kappa shape index (κ2) is 9.21. The fraction of sp³-hybridized carbons (Fsp3) is 0.364. The van der Waals surface area contributed by atoms with E-state index in [2.05, 4.69) is 38.2 Å². The molecule has 0 fully saturated rings. The number of hydrogen-bond acceptors (Lipinski definition) is 3. The lowest BCUT2D eigenvalue weighted by molar-refractivity contribution is -0.117. The van der Waals surface area contributed by atoms with Gasteiger partial charge in [0.1, 0.15) is 12.4 Å². The van der Waals surface area contributed by atoms with Crippen molar-refractivity contribution in [1.82, 2.24) is 5.32 Å². The summed E-state index contributed by atoms with van der Waals surface area (Å²) in [5.74, 6) is 0.158. The summed E-state index contributed by atoms with van der Waals surface area (Å²) >= 11 is 0. The molecule has 0 atom stereocenters. The van der Waals surface area contributed by atoms with Crippen LogP contribution >= 0.6 is 0 Å². The van der Waals surface area contributed by atoms with Crippen molar-refractivity contribution in [3.63, 3.8) is 0 Å². The molecule has 0 bridgehead atoms. The van der Waals surface area contributed by atoms with Crippen LogP contribution in [0, 0.1) is 0 Å². The number of carbonyl (C=O) groups excluding carboxylic acids is 2. The Labute approximate surface area is 160 Å². The van der Waals surface area contributed by atoms with Crippen molar-refractivity contribution >= 4 is 11.8 Å². The van der Waals surface area contributed by atoms with Crippen LogP contribution in [0.3, 0.4) is 0 Å². The van der Waals surface area contributed by atoms with Gasteiger partial charge >= 0.3 is 0 Å². The van der Waals surface area contributed by atoms with Crippen LogP contribution in [0.4, 0.5) is 0 Å². The van der Waals surface area contributed by atoms with Gasteiger partial charge in [0.2, 0.25) is 5.91 Å². The van der Waals surface area contributed by atoms with Gasteiger partial charge in [-0.3, -0.25) is 9.59 Å². The molecule has 2 rings (SSSR count). The molecule has 0 radical (unpaired) electrons. The molecule has 0 saturated carbocycles. The molecule has 0 spiro atoms. The van der Waals surface area contributed by atoms with Gasteiger partial charge < -0.3 is 15.8 Å². The van der Waals surface area contributed by atoms with E-state index in [1.54, 1.807) is 12.1 Å². The second-order valence-corrected chi connectivity index (χ2v) is 7.22. The van der Waals surface area contributed by atoms with Crippen LogP contribution < -0.4 is 15.8 Å². The highest BCUT2D eigenvalue weighted by Crippen LogP contribution is 2.28. The van der Waals surface area contributed by atoms with Crippen molar-refractivity contribution in [2.75, 3.05) is 6.54 Å². The number of carbonyl (C=O) groups is 2. The summed E-state index contributed by atoms with van der Waals surface area (Å²) in [4.78, 5) is 22.7. The molecular formula is C22H28N2O3. The lowest BCUT2D eigenvalue weighted by atomic mass is 9.82. The Kier molecular flexibility index (Phi) is 6.99. The molecule has 0 saturated heterocycles. The van der Waals surface area contributed by atoms with Crippen LogP contribution in [0.2, 0.25) is 0 Å². The van der Waals surface area contributed by atoms with Gasteiger partial charge in [0.05, 0.1) is 0 Å². The van der Waals surface area contributed by atoms with Crippen molar-refractivity contribution in [1.29, 1.82) is 0 Å². The Morgan fingerprint density at radius 3 is 2.22 bits per heavy atom. The quantitative estimate of drug-likeness (QED) is 0.710. The maximum Gasteiger partial charge on any atom is 0.251 e. The summed E-state index contributed by atoms with van der Waals surface area (Å²) < 4.78 is 5.83. The van der Waals surface area contributed by atoms with Crippen LogP contribution in [0.15, 0.2) is 48.5 Å². The summed E-state index contributed by atoms with van der Waals surface area (Å²) in [7, 11) is 0. The monoisotopic (exact) mass is 368 g/mol. The zero-order chi connectivity index (χ0) is 19.9. The van der Waals surface area contributed by atoms with Crippen LogP contribution in [0.5, 0.6) is 5.75 Å². The van der Waals surface area contributed by atoms with E-state index in [-0.39, 0.29) is 24.3 Å².